The summed E-state index contributed by atoms with van der Waals surface area (Å²) in [6, 6.07) is 15.5. The molecule has 0 aliphatic heterocycles. The van der Waals surface area contributed by atoms with Gasteiger partial charge in [0.05, 0.1) is 7.11 Å². The van der Waals surface area contributed by atoms with Crippen LogP contribution in [0.15, 0.2) is 53.7 Å². The Morgan fingerprint density at radius 1 is 1.18 bits per heavy atom. The topological polar surface area (TPSA) is 78.8 Å². The zero-order chi connectivity index (χ0) is 25.0. The van der Waals surface area contributed by atoms with Gasteiger partial charge in [-0.2, -0.15) is 4.39 Å². The van der Waals surface area contributed by atoms with E-state index in [0.29, 0.717) is 12.3 Å². The van der Waals surface area contributed by atoms with Crippen LogP contribution in [0.4, 0.5) is 8.59 Å². The van der Waals surface area contributed by atoms with Crippen LogP contribution in [-0.2, 0) is 31.3 Å². The number of hydrogen-bond donors (Lipinski definition) is 0. The molecule has 12 heteroatoms. The minimum Gasteiger partial charge on any atom is -0.497 e. The molecule has 2 aromatic rings. The summed E-state index contributed by atoms with van der Waals surface area (Å²) in [4.78, 5) is 1.83. The van der Waals surface area contributed by atoms with Crippen LogP contribution in [0, 0.1) is 0 Å². The van der Waals surface area contributed by atoms with Crippen LogP contribution in [0.2, 0.25) is 0 Å². The third-order valence-electron chi connectivity index (χ3n) is 4.50. The number of para-hydroxylation sites is 1. The summed E-state index contributed by atoms with van der Waals surface area (Å²) < 4.78 is 62.2. The van der Waals surface area contributed by atoms with Crippen molar-refractivity contribution < 1.29 is 36.5 Å². The van der Waals surface area contributed by atoms with E-state index in [1.54, 1.807) is 7.11 Å². The number of methoxy groups -OCH3 is 1. The maximum atomic E-state index is 13.6. The molecule has 0 bridgehead atoms. The molecular formula is C22H28ClF2N2O6P. The lowest BCUT2D eigenvalue weighted by molar-refractivity contribution is -0.0685. The van der Waals surface area contributed by atoms with Crippen LogP contribution < -0.4 is 9.47 Å². The van der Waals surface area contributed by atoms with Crippen molar-refractivity contribution in [2.75, 3.05) is 41.1 Å². The van der Waals surface area contributed by atoms with Crippen LogP contribution in [-0.4, -0.2) is 57.6 Å². The van der Waals surface area contributed by atoms with Gasteiger partial charge in [-0.3, -0.25) is 4.62 Å². The molecule has 2 aromatic carbocycles. The van der Waals surface area contributed by atoms with Gasteiger partial charge in [0.15, 0.2) is 6.79 Å². The van der Waals surface area contributed by atoms with E-state index in [4.69, 9.17) is 25.8 Å². The molecule has 0 aliphatic rings. The predicted molar refractivity (Wildman–Crippen MR) is 126 cm³/mol. The van der Waals surface area contributed by atoms with E-state index in [9.17, 15) is 13.2 Å². The van der Waals surface area contributed by atoms with Crippen LogP contribution in [0.1, 0.15) is 11.1 Å². The summed E-state index contributed by atoms with van der Waals surface area (Å²) in [5.74, 6) is 1.49. The number of nitrogens with zero attached hydrogens (tertiary/aromatic N) is 2. The van der Waals surface area contributed by atoms with Gasteiger partial charge in [-0.1, -0.05) is 30.3 Å². The van der Waals surface area contributed by atoms with E-state index >= 15 is 0 Å². The van der Waals surface area contributed by atoms with Crippen molar-refractivity contribution in [3.8, 4) is 11.5 Å². The highest BCUT2D eigenvalue weighted by molar-refractivity contribution is 7.48. The van der Waals surface area contributed by atoms with Crippen molar-refractivity contribution in [3.63, 3.8) is 0 Å². The third-order valence-corrected chi connectivity index (χ3v) is 5.26. The molecule has 0 saturated carbocycles. The molecule has 8 nitrogen and oxygen atoms in total. The van der Waals surface area contributed by atoms with E-state index < -0.39 is 26.2 Å². The van der Waals surface area contributed by atoms with Crippen molar-refractivity contribution >= 4 is 24.9 Å². The summed E-state index contributed by atoms with van der Waals surface area (Å²) in [6.07, 6.45) is 0.973. The molecule has 0 aliphatic carbocycles. The van der Waals surface area contributed by atoms with E-state index in [1.807, 2.05) is 67.5 Å². The van der Waals surface area contributed by atoms with Gasteiger partial charge in [-0.25, -0.2) is 9.09 Å². The third kappa shape index (κ3) is 10.8. The second kappa shape index (κ2) is 14.2. The minimum atomic E-state index is -5.17. The van der Waals surface area contributed by atoms with Gasteiger partial charge in [-0.15, -0.1) is 4.20 Å². The SMILES string of the molecule is COc1cccc(CCc2ccccc2OCC(CN(C)C)OCOP(=O)(F)O/N=C(\F)Cl)c1. The zero-order valence-electron chi connectivity index (χ0n) is 19.2. The summed E-state index contributed by atoms with van der Waals surface area (Å²) in [6.45, 7) is -0.211. The molecule has 0 amide bonds. The number of ether oxygens (including phenoxy) is 3. The maximum Gasteiger partial charge on any atom is 0.592 e. The Labute approximate surface area is 203 Å². The first-order chi connectivity index (χ1) is 16.2. The van der Waals surface area contributed by atoms with Gasteiger partial charge in [0.25, 0.3) is 0 Å². The van der Waals surface area contributed by atoms with E-state index in [1.165, 1.54) is 0 Å². The van der Waals surface area contributed by atoms with Gasteiger partial charge in [0.2, 0.25) is 0 Å². The first-order valence-electron chi connectivity index (χ1n) is 10.3. The van der Waals surface area contributed by atoms with Gasteiger partial charge < -0.3 is 19.1 Å². The molecule has 2 unspecified atom stereocenters. The van der Waals surface area contributed by atoms with Crippen molar-refractivity contribution in [2.24, 2.45) is 5.16 Å². The summed E-state index contributed by atoms with van der Waals surface area (Å²) >= 11 is 4.76. The molecular weight excluding hydrogens is 493 g/mol. The molecule has 0 saturated heterocycles. The van der Waals surface area contributed by atoms with E-state index in [2.05, 4.69) is 14.3 Å². The number of halogens is 3. The number of hydrogen-bond acceptors (Lipinski definition) is 8. The van der Waals surface area contributed by atoms with Crippen molar-refractivity contribution in [1.29, 1.82) is 0 Å². The van der Waals surface area contributed by atoms with Crippen molar-refractivity contribution in [3.05, 3.63) is 59.7 Å². The zero-order valence-corrected chi connectivity index (χ0v) is 20.8. The Kier molecular flexibility index (Phi) is 11.7. The number of benzene rings is 2. The fraction of sp³-hybridized carbons (Fsp3) is 0.409. The fourth-order valence-electron chi connectivity index (χ4n) is 2.99. The summed E-state index contributed by atoms with van der Waals surface area (Å²) in [7, 11) is 0.105. The Hall–Kier alpha value is -2.23. The molecule has 34 heavy (non-hydrogen) atoms. The molecule has 0 aromatic heterocycles. The fourth-order valence-corrected chi connectivity index (χ4v) is 3.48. The van der Waals surface area contributed by atoms with Crippen LogP contribution in [0.5, 0.6) is 11.5 Å². The van der Waals surface area contributed by atoms with Gasteiger partial charge >= 0.3 is 13.3 Å². The first kappa shape index (κ1) is 28.0. The van der Waals surface area contributed by atoms with Gasteiger partial charge in [-0.05, 0) is 73.0 Å². The molecule has 0 heterocycles. The molecule has 0 radical (unpaired) electrons. The lowest BCUT2D eigenvalue weighted by Crippen LogP contribution is -2.34. The number of oxime groups is 1. The smallest absolute Gasteiger partial charge is 0.497 e. The second-order valence-electron chi connectivity index (χ2n) is 7.41. The second-order valence-corrected chi connectivity index (χ2v) is 9.01. The van der Waals surface area contributed by atoms with Crippen molar-refractivity contribution in [1.82, 2.24) is 4.90 Å². The molecule has 0 fully saturated rings. The number of likely N-dealkylation sites (N-methyl/N-ethyl adjacent to an activating group) is 1. The van der Waals surface area contributed by atoms with Crippen LogP contribution in [0.3, 0.4) is 0 Å². The Balaban J connectivity index is 1.94. The lowest BCUT2D eigenvalue weighted by Gasteiger charge is -2.22. The molecule has 2 rings (SSSR count). The highest BCUT2D eigenvalue weighted by atomic mass is 35.5. The largest absolute Gasteiger partial charge is 0.592 e. The Bertz CT molecular complexity index is 978. The summed E-state index contributed by atoms with van der Waals surface area (Å²) in [5, 5.41) is 2.43. The van der Waals surface area contributed by atoms with Gasteiger partial charge in [0.1, 0.15) is 24.2 Å². The highest BCUT2D eigenvalue weighted by Crippen LogP contribution is 2.50. The number of aryl methyl sites for hydroxylation is 2. The van der Waals surface area contributed by atoms with Gasteiger partial charge in [0, 0.05) is 6.54 Å². The lowest BCUT2D eigenvalue weighted by atomic mass is 10.0. The summed E-state index contributed by atoms with van der Waals surface area (Å²) in [5.41, 5.74) is 0.524. The average Bonchev–Trinajstić information content (AvgIpc) is 2.80. The molecule has 188 valence electrons. The minimum absolute atomic E-state index is 0.115. The van der Waals surface area contributed by atoms with E-state index in [0.717, 1.165) is 29.7 Å². The normalized spacial score (nSPS) is 14.5. The standard InChI is InChI=1S/C22H28ClF2N2O6P/c1-27(2)14-20(31-16-32-34(25,28)33-26-22(23)24)15-30-21-10-5-4-8-18(21)12-11-17-7-6-9-19(13-17)29-3/h4-10,13,20H,11-12,14-16H2,1-3H3/b26-22-. The molecule has 2 atom stereocenters. The monoisotopic (exact) mass is 520 g/mol. The first-order valence-corrected chi connectivity index (χ1v) is 12.1. The Morgan fingerprint density at radius 3 is 2.65 bits per heavy atom. The van der Waals surface area contributed by atoms with Crippen molar-refractivity contribution in [2.45, 2.75) is 18.9 Å². The quantitative estimate of drug-likeness (QED) is 0.135. The average molecular weight is 521 g/mol. The Morgan fingerprint density at radius 2 is 1.94 bits per heavy atom. The van der Waals surface area contributed by atoms with Crippen LogP contribution in [0.25, 0.3) is 0 Å². The molecule has 0 spiro atoms. The van der Waals surface area contributed by atoms with Crippen LogP contribution >= 0.6 is 19.5 Å². The molecule has 0 N–H and O–H groups in total. The van der Waals surface area contributed by atoms with E-state index in [-0.39, 0.29) is 6.61 Å². The highest BCUT2D eigenvalue weighted by Gasteiger charge is 2.27. The number of rotatable bonds is 15. The predicted octanol–water partition coefficient (Wildman–Crippen LogP) is 5.35. The maximum absolute atomic E-state index is 13.6.